The molecule has 5 nitrogen and oxygen atoms in total. The summed E-state index contributed by atoms with van der Waals surface area (Å²) in [5, 5.41) is 13.1. The second-order valence-electron chi connectivity index (χ2n) is 4.19. The minimum Gasteiger partial charge on any atom is 1.00 e. The third kappa shape index (κ3) is 3.61. The van der Waals surface area contributed by atoms with Crippen LogP contribution in [-0.4, -0.2) is 36.7 Å². The Hall–Kier alpha value is 0.207. The summed E-state index contributed by atoms with van der Waals surface area (Å²) in [5.41, 5.74) is -1.15. The smallest absolute Gasteiger partial charge is 1.00 e. The molecule has 0 aliphatic carbocycles. The maximum Gasteiger partial charge on any atom is 1.00 e. The van der Waals surface area contributed by atoms with E-state index in [-0.39, 0.29) is 54.3 Å². The first kappa shape index (κ1) is 20.5. The monoisotopic (exact) mass is 256 g/mol. The molecule has 0 aromatic heterocycles. The molecule has 0 bridgehead atoms. The number of aliphatic imine (C=N–C) groups is 1. The molecule has 7 heteroatoms. The first-order valence-corrected chi connectivity index (χ1v) is 5.60. The predicted molar refractivity (Wildman–Crippen MR) is 64.5 cm³/mol. The van der Waals surface area contributed by atoms with Gasteiger partial charge in [0.25, 0.3) is 5.91 Å². The number of nitrogens with one attached hydrogen (secondary N) is 1. The summed E-state index contributed by atoms with van der Waals surface area (Å²) in [6.07, 6.45) is 2.02. The maximum atomic E-state index is 11.9. The standard InChI is InChI=1S/C11H18N2O3.Li.Na.H/c1-4-6-7(3)11(5-2)8(14)12-10(16)13-9(11)15;;;/h7H,4-6H2,1-3H3,(H2,12,13,14,15,16);;;/q;;+1;/p-1. The molecule has 1 rings (SSSR count). The van der Waals surface area contributed by atoms with Gasteiger partial charge in [-0.3, -0.25) is 9.59 Å². The van der Waals surface area contributed by atoms with Gasteiger partial charge < -0.3 is 10.4 Å². The summed E-state index contributed by atoms with van der Waals surface area (Å²) in [7, 11) is 0. The van der Waals surface area contributed by atoms with Crippen molar-refractivity contribution < 1.29 is 44.3 Å². The number of amides is 2. The van der Waals surface area contributed by atoms with E-state index >= 15 is 0 Å². The second-order valence-corrected chi connectivity index (χ2v) is 4.19. The van der Waals surface area contributed by atoms with Gasteiger partial charge in [0.15, 0.2) is 0 Å². The van der Waals surface area contributed by atoms with Crippen LogP contribution in [0.5, 0.6) is 0 Å². The van der Waals surface area contributed by atoms with Gasteiger partial charge in [-0.05, 0) is 18.8 Å². The molecule has 18 heavy (non-hydrogen) atoms. The van der Waals surface area contributed by atoms with E-state index in [1.165, 1.54) is 0 Å². The first-order chi connectivity index (χ1) is 7.48. The molecule has 0 aromatic carbocycles. The van der Waals surface area contributed by atoms with Gasteiger partial charge in [0.1, 0.15) is 5.41 Å². The molecule has 1 heterocycles. The van der Waals surface area contributed by atoms with Crippen LogP contribution in [0.25, 0.3) is 0 Å². The van der Waals surface area contributed by atoms with Crippen LogP contribution >= 0.6 is 0 Å². The van der Waals surface area contributed by atoms with Crippen LogP contribution in [0.3, 0.4) is 0 Å². The molecular formula is C11H18LiN2NaO3. The third-order valence-electron chi connectivity index (χ3n) is 3.33. The Bertz CT molecular complexity index is 349. The van der Waals surface area contributed by atoms with Crippen molar-refractivity contribution in [3.63, 3.8) is 0 Å². The van der Waals surface area contributed by atoms with Gasteiger partial charge >= 0.3 is 48.4 Å². The number of hydrogen-bond acceptors (Lipinski definition) is 3. The molecule has 0 saturated carbocycles. The molecule has 2 atom stereocenters. The molecule has 0 fully saturated rings. The number of nitrogens with zero attached hydrogens (tertiary/aromatic N) is 1. The summed E-state index contributed by atoms with van der Waals surface area (Å²) < 4.78 is 0. The first-order valence-electron chi connectivity index (χ1n) is 5.60. The summed E-state index contributed by atoms with van der Waals surface area (Å²) in [6, 6.07) is -0.845. The van der Waals surface area contributed by atoms with E-state index in [2.05, 4.69) is 10.3 Å². The van der Waals surface area contributed by atoms with Crippen LogP contribution in [0.2, 0.25) is 0 Å². The third-order valence-corrected chi connectivity index (χ3v) is 3.33. The molecular weight excluding hydrogens is 238 g/mol. The van der Waals surface area contributed by atoms with Gasteiger partial charge in [-0.1, -0.05) is 27.2 Å². The molecule has 1 aliphatic heterocycles. The number of hydrogen-bond donors (Lipinski definition) is 1. The SMILES string of the molecule is CCCC(C)C1(CC)C(=O)N=C([O-])NC1=O.[LiH].[Na+]. The molecule has 1 N–H and O–H groups in total. The fraction of sp³-hybridized carbons (Fsp3) is 0.727. The van der Waals surface area contributed by atoms with Crippen LogP contribution in [0.15, 0.2) is 4.99 Å². The van der Waals surface area contributed by atoms with Gasteiger partial charge in [0, 0.05) is 0 Å². The topological polar surface area (TPSA) is 81.6 Å². The van der Waals surface area contributed by atoms with E-state index in [1.54, 1.807) is 6.92 Å². The summed E-state index contributed by atoms with van der Waals surface area (Å²) in [6.45, 7) is 5.62. The Morgan fingerprint density at radius 1 is 1.39 bits per heavy atom. The molecule has 2 unspecified atom stereocenters. The molecule has 0 aromatic rings. The van der Waals surface area contributed by atoms with Crippen molar-refractivity contribution in [2.75, 3.05) is 0 Å². The molecule has 0 radical (unpaired) electrons. The second kappa shape index (κ2) is 8.39. The van der Waals surface area contributed by atoms with E-state index < -0.39 is 23.3 Å². The molecule has 2 amide bonds. The molecule has 0 saturated heterocycles. The number of rotatable bonds is 4. The Balaban J connectivity index is 0. The molecule has 1 aliphatic rings. The molecule has 0 spiro atoms. The maximum absolute atomic E-state index is 11.9. The zero-order chi connectivity index (χ0) is 12.3. The van der Waals surface area contributed by atoms with Crippen LogP contribution < -0.4 is 40.0 Å². The summed E-state index contributed by atoms with van der Waals surface area (Å²) >= 11 is 0. The van der Waals surface area contributed by atoms with Crippen LogP contribution in [0.4, 0.5) is 0 Å². The average Bonchev–Trinajstić information content (AvgIpc) is 2.18. The molecule has 92 valence electrons. The van der Waals surface area contributed by atoms with Gasteiger partial charge in [0.2, 0.25) is 5.91 Å². The zero-order valence-corrected chi connectivity index (χ0v) is 12.9. The van der Waals surface area contributed by atoms with E-state index in [1.807, 2.05) is 13.8 Å². The fourth-order valence-corrected chi connectivity index (χ4v) is 2.30. The fourth-order valence-electron chi connectivity index (χ4n) is 2.30. The van der Waals surface area contributed by atoms with Gasteiger partial charge in [-0.25, -0.2) is 4.99 Å². The number of amidine groups is 1. The summed E-state index contributed by atoms with van der Waals surface area (Å²) in [4.78, 5) is 27.1. The van der Waals surface area contributed by atoms with Crippen LogP contribution in [0, 0.1) is 11.3 Å². The van der Waals surface area contributed by atoms with Gasteiger partial charge in [-0.15, -0.1) is 0 Å². The minimum atomic E-state index is -1.15. The largest absolute Gasteiger partial charge is 1.00 e. The van der Waals surface area contributed by atoms with Crippen molar-refractivity contribution in [3.8, 4) is 0 Å². The Morgan fingerprint density at radius 3 is 2.33 bits per heavy atom. The van der Waals surface area contributed by atoms with E-state index in [0.717, 1.165) is 12.8 Å². The normalized spacial score (nSPS) is 24.3. The predicted octanol–water partition coefficient (Wildman–Crippen LogP) is -3.45. The minimum absolute atomic E-state index is 0. The van der Waals surface area contributed by atoms with Gasteiger partial charge in [0.05, 0.1) is 6.02 Å². The van der Waals surface area contributed by atoms with Crippen LogP contribution in [0.1, 0.15) is 40.0 Å². The Morgan fingerprint density at radius 2 is 1.94 bits per heavy atom. The van der Waals surface area contributed by atoms with Crippen molar-refractivity contribution in [3.05, 3.63) is 0 Å². The van der Waals surface area contributed by atoms with Gasteiger partial charge in [-0.2, -0.15) is 0 Å². The van der Waals surface area contributed by atoms with Crippen molar-refractivity contribution in [2.45, 2.75) is 40.0 Å². The zero-order valence-electron chi connectivity index (χ0n) is 10.9. The summed E-state index contributed by atoms with van der Waals surface area (Å²) in [5.74, 6) is -1.20. The van der Waals surface area contributed by atoms with Crippen LogP contribution in [-0.2, 0) is 9.59 Å². The Labute approximate surface area is 142 Å². The number of carbonyl (C=O) groups excluding carboxylic acids is 2. The van der Waals surface area contributed by atoms with Crippen molar-refractivity contribution in [1.29, 1.82) is 0 Å². The average molecular weight is 256 g/mol. The van der Waals surface area contributed by atoms with Crippen molar-refractivity contribution in [2.24, 2.45) is 16.3 Å². The Kier molecular flexibility index (Phi) is 9.57. The van der Waals surface area contributed by atoms with E-state index in [4.69, 9.17) is 0 Å². The quantitative estimate of drug-likeness (QED) is 0.419. The van der Waals surface area contributed by atoms with Crippen molar-refractivity contribution in [1.82, 2.24) is 5.32 Å². The number of carbonyl (C=O) groups is 2. The van der Waals surface area contributed by atoms with Crippen molar-refractivity contribution >= 4 is 36.7 Å². The van der Waals surface area contributed by atoms with E-state index in [9.17, 15) is 14.7 Å². The van der Waals surface area contributed by atoms with E-state index in [0.29, 0.717) is 6.42 Å².